The lowest BCUT2D eigenvalue weighted by Crippen LogP contribution is -2.31. The molecule has 0 aliphatic carbocycles. The molecule has 1 nitrogen and oxygen atoms in total. The van der Waals surface area contributed by atoms with Gasteiger partial charge in [0.1, 0.15) is 5.82 Å². The van der Waals surface area contributed by atoms with Crippen LogP contribution in [0.1, 0.15) is 40.0 Å². The number of benzene rings is 1. The number of thioether (sulfide) groups is 1. The molecule has 0 bridgehead atoms. The molecule has 108 valence electrons. The molecule has 0 saturated carbocycles. The molecule has 1 unspecified atom stereocenters. The molecule has 3 heteroatoms. The van der Waals surface area contributed by atoms with Crippen LogP contribution in [0.15, 0.2) is 29.2 Å². The fourth-order valence-electron chi connectivity index (χ4n) is 2.03. The summed E-state index contributed by atoms with van der Waals surface area (Å²) in [6.07, 6.45) is 3.79. The van der Waals surface area contributed by atoms with Crippen molar-refractivity contribution in [3.05, 3.63) is 30.1 Å². The summed E-state index contributed by atoms with van der Waals surface area (Å²) in [7, 11) is 0. The fraction of sp³-hybridized carbons (Fsp3) is 0.625. The highest BCUT2D eigenvalue weighted by Gasteiger charge is 2.08. The topological polar surface area (TPSA) is 12.0 Å². The van der Waals surface area contributed by atoms with Crippen LogP contribution in [0.25, 0.3) is 0 Å². The Hall–Kier alpha value is -0.540. The van der Waals surface area contributed by atoms with Crippen LogP contribution in [0.5, 0.6) is 0 Å². The molecule has 0 radical (unpaired) electrons. The SMILES string of the molecule is CCNC(CCCC(C)C)CSc1ccc(F)cc1. The third-order valence-corrected chi connectivity index (χ3v) is 4.27. The summed E-state index contributed by atoms with van der Waals surface area (Å²) in [6.45, 7) is 7.71. The number of nitrogens with one attached hydrogen (secondary N) is 1. The molecule has 0 aromatic heterocycles. The highest BCUT2D eigenvalue weighted by Crippen LogP contribution is 2.21. The zero-order valence-corrected chi connectivity index (χ0v) is 13.1. The molecule has 0 spiro atoms. The Morgan fingerprint density at radius 3 is 2.42 bits per heavy atom. The Morgan fingerprint density at radius 2 is 1.84 bits per heavy atom. The van der Waals surface area contributed by atoms with Gasteiger partial charge in [0, 0.05) is 16.7 Å². The molecule has 1 aromatic carbocycles. The first-order valence-corrected chi connectivity index (χ1v) is 8.22. The summed E-state index contributed by atoms with van der Waals surface area (Å²) in [5, 5.41) is 3.54. The molecule has 0 heterocycles. The molecular weight excluding hydrogens is 257 g/mol. The van der Waals surface area contributed by atoms with Gasteiger partial charge in [-0.3, -0.25) is 0 Å². The molecule has 1 rings (SSSR count). The van der Waals surface area contributed by atoms with Gasteiger partial charge in [-0.25, -0.2) is 4.39 Å². The molecule has 0 amide bonds. The summed E-state index contributed by atoms with van der Waals surface area (Å²) >= 11 is 1.81. The summed E-state index contributed by atoms with van der Waals surface area (Å²) in [5.74, 6) is 1.67. The van der Waals surface area contributed by atoms with Crippen molar-refractivity contribution >= 4 is 11.8 Å². The van der Waals surface area contributed by atoms with Crippen LogP contribution in [0.2, 0.25) is 0 Å². The van der Waals surface area contributed by atoms with Gasteiger partial charge in [-0.1, -0.05) is 33.6 Å². The predicted octanol–water partition coefficient (Wildman–Crippen LogP) is 4.72. The molecule has 0 aliphatic heterocycles. The largest absolute Gasteiger partial charge is 0.313 e. The van der Waals surface area contributed by atoms with Crippen molar-refractivity contribution in [2.45, 2.75) is 51.0 Å². The number of hydrogen-bond acceptors (Lipinski definition) is 2. The Kier molecular flexibility index (Phi) is 8.15. The van der Waals surface area contributed by atoms with Crippen LogP contribution in [0, 0.1) is 11.7 Å². The highest BCUT2D eigenvalue weighted by atomic mass is 32.2. The average Bonchev–Trinajstić information content (AvgIpc) is 2.37. The monoisotopic (exact) mass is 283 g/mol. The third-order valence-electron chi connectivity index (χ3n) is 3.09. The van der Waals surface area contributed by atoms with Crippen molar-refractivity contribution in [2.24, 2.45) is 5.92 Å². The molecule has 0 aliphatic rings. The zero-order chi connectivity index (χ0) is 14.1. The highest BCUT2D eigenvalue weighted by molar-refractivity contribution is 7.99. The van der Waals surface area contributed by atoms with Gasteiger partial charge in [0.25, 0.3) is 0 Å². The molecule has 1 aromatic rings. The Balaban J connectivity index is 2.33. The van der Waals surface area contributed by atoms with Crippen LogP contribution < -0.4 is 5.32 Å². The summed E-state index contributed by atoms with van der Waals surface area (Å²) in [5.41, 5.74) is 0. The minimum Gasteiger partial charge on any atom is -0.313 e. The van der Waals surface area contributed by atoms with Crippen molar-refractivity contribution in [3.63, 3.8) is 0 Å². The molecule has 0 fully saturated rings. The second kappa shape index (κ2) is 9.38. The first kappa shape index (κ1) is 16.5. The van der Waals surface area contributed by atoms with Crippen molar-refractivity contribution in [1.29, 1.82) is 0 Å². The number of halogens is 1. The summed E-state index contributed by atoms with van der Waals surface area (Å²) in [4.78, 5) is 1.15. The standard InChI is InChI=1S/C16H26FNS/c1-4-18-15(7-5-6-13(2)3)12-19-16-10-8-14(17)9-11-16/h8-11,13,15,18H,4-7,12H2,1-3H3. The van der Waals surface area contributed by atoms with E-state index < -0.39 is 0 Å². The van der Waals surface area contributed by atoms with Crippen molar-refractivity contribution in [3.8, 4) is 0 Å². The second-order valence-corrected chi connectivity index (χ2v) is 6.44. The molecule has 1 N–H and O–H groups in total. The van der Waals surface area contributed by atoms with Gasteiger partial charge in [-0.2, -0.15) is 0 Å². The van der Waals surface area contributed by atoms with E-state index in [1.165, 1.54) is 31.4 Å². The average molecular weight is 283 g/mol. The summed E-state index contributed by atoms with van der Waals surface area (Å²) in [6, 6.07) is 7.33. The lowest BCUT2D eigenvalue weighted by molar-refractivity contribution is 0.469. The van der Waals surface area contributed by atoms with Gasteiger partial charge < -0.3 is 5.32 Å². The number of rotatable bonds is 9. The van der Waals surface area contributed by atoms with E-state index in [1.54, 1.807) is 11.8 Å². The lowest BCUT2D eigenvalue weighted by atomic mass is 10.0. The minimum atomic E-state index is -0.162. The van der Waals surface area contributed by atoms with Crippen LogP contribution >= 0.6 is 11.8 Å². The van der Waals surface area contributed by atoms with E-state index in [1.807, 2.05) is 12.1 Å². The van der Waals surface area contributed by atoms with E-state index in [0.717, 1.165) is 23.1 Å². The van der Waals surface area contributed by atoms with Crippen LogP contribution in [0.3, 0.4) is 0 Å². The minimum absolute atomic E-state index is 0.162. The molecule has 19 heavy (non-hydrogen) atoms. The van der Waals surface area contributed by atoms with E-state index in [4.69, 9.17) is 0 Å². The van der Waals surface area contributed by atoms with Crippen molar-refractivity contribution in [1.82, 2.24) is 5.32 Å². The van der Waals surface area contributed by atoms with Crippen molar-refractivity contribution in [2.75, 3.05) is 12.3 Å². The van der Waals surface area contributed by atoms with Gasteiger partial charge >= 0.3 is 0 Å². The van der Waals surface area contributed by atoms with Crippen molar-refractivity contribution < 1.29 is 4.39 Å². The quantitative estimate of drug-likeness (QED) is 0.658. The van der Waals surface area contributed by atoms with E-state index in [2.05, 4.69) is 26.1 Å². The summed E-state index contributed by atoms with van der Waals surface area (Å²) < 4.78 is 12.8. The lowest BCUT2D eigenvalue weighted by Gasteiger charge is -2.18. The normalized spacial score (nSPS) is 12.9. The molecule has 1 atom stereocenters. The third kappa shape index (κ3) is 7.58. The van der Waals surface area contributed by atoms with E-state index in [9.17, 15) is 4.39 Å². The van der Waals surface area contributed by atoms with Gasteiger partial charge in [0.15, 0.2) is 0 Å². The predicted molar refractivity (Wildman–Crippen MR) is 83.3 cm³/mol. The maximum absolute atomic E-state index is 12.8. The first-order valence-electron chi connectivity index (χ1n) is 7.23. The zero-order valence-electron chi connectivity index (χ0n) is 12.3. The Morgan fingerprint density at radius 1 is 1.16 bits per heavy atom. The first-order chi connectivity index (χ1) is 9.11. The van der Waals surface area contributed by atoms with Gasteiger partial charge in [-0.05, 0) is 43.1 Å². The van der Waals surface area contributed by atoms with Crippen LogP contribution in [-0.4, -0.2) is 18.3 Å². The Bertz CT molecular complexity index is 337. The molecular formula is C16H26FNS. The van der Waals surface area contributed by atoms with E-state index in [-0.39, 0.29) is 5.82 Å². The number of hydrogen-bond donors (Lipinski definition) is 1. The van der Waals surface area contributed by atoms with E-state index in [0.29, 0.717) is 6.04 Å². The molecule has 0 saturated heterocycles. The van der Waals surface area contributed by atoms with Crippen LogP contribution in [0.4, 0.5) is 4.39 Å². The smallest absolute Gasteiger partial charge is 0.123 e. The van der Waals surface area contributed by atoms with Crippen LogP contribution in [-0.2, 0) is 0 Å². The maximum atomic E-state index is 12.8. The second-order valence-electron chi connectivity index (χ2n) is 5.34. The Labute approximate surface area is 121 Å². The fourth-order valence-corrected chi connectivity index (χ4v) is 3.04. The van der Waals surface area contributed by atoms with E-state index >= 15 is 0 Å². The maximum Gasteiger partial charge on any atom is 0.123 e. The van der Waals surface area contributed by atoms with Gasteiger partial charge in [0.2, 0.25) is 0 Å². The van der Waals surface area contributed by atoms with Gasteiger partial charge in [-0.15, -0.1) is 11.8 Å². The van der Waals surface area contributed by atoms with Gasteiger partial charge in [0.05, 0.1) is 0 Å².